The fourth-order valence-corrected chi connectivity index (χ4v) is 6.34. The van der Waals surface area contributed by atoms with Gasteiger partial charge in [-0.15, -0.1) is 0 Å². The number of amides is 1. The van der Waals surface area contributed by atoms with Crippen molar-refractivity contribution in [1.82, 2.24) is 14.8 Å². The summed E-state index contributed by atoms with van der Waals surface area (Å²) in [5, 5.41) is 3.12. The van der Waals surface area contributed by atoms with Gasteiger partial charge in [0.2, 0.25) is 5.91 Å². The lowest BCUT2D eigenvalue weighted by molar-refractivity contribution is -0.118. The van der Waals surface area contributed by atoms with Gasteiger partial charge in [0.1, 0.15) is 4.32 Å². The van der Waals surface area contributed by atoms with Gasteiger partial charge in [-0.3, -0.25) is 9.59 Å². The molecule has 180 valence electrons. The molecule has 2 aromatic carbocycles. The number of fused-ring (bicyclic) bond motifs is 4. The number of hydrogen-bond acceptors (Lipinski definition) is 4. The van der Waals surface area contributed by atoms with E-state index in [0.717, 1.165) is 36.1 Å². The van der Waals surface area contributed by atoms with Gasteiger partial charge in [-0.25, -0.2) is 0 Å². The lowest BCUT2D eigenvalue weighted by atomic mass is 9.83. The molecule has 3 aromatic rings. The van der Waals surface area contributed by atoms with Crippen LogP contribution in [0.2, 0.25) is 0 Å². The van der Waals surface area contributed by atoms with E-state index in [0.29, 0.717) is 24.1 Å². The highest BCUT2D eigenvalue weighted by Gasteiger charge is 2.35. The second kappa shape index (κ2) is 10.8. The summed E-state index contributed by atoms with van der Waals surface area (Å²) in [7, 11) is 0. The largest absolute Gasteiger partial charge is 0.356 e. The molecular formula is C28H29N3O2S2. The second-order valence-electron chi connectivity index (χ2n) is 9.34. The number of carbonyl (C=O) groups excluding carboxylic acids is 1. The minimum absolute atomic E-state index is 0.0108. The Balaban J connectivity index is 1.16. The summed E-state index contributed by atoms with van der Waals surface area (Å²) in [5.74, 6) is 1.11. The number of piperidine rings is 1. The maximum atomic E-state index is 12.7. The lowest BCUT2D eigenvalue weighted by Crippen LogP contribution is -2.48. The summed E-state index contributed by atoms with van der Waals surface area (Å²) in [6.07, 6.45) is 1.09. The zero-order valence-corrected chi connectivity index (χ0v) is 21.1. The van der Waals surface area contributed by atoms with Crippen LogP contribution in [-0.4, -0.2) is 45.1 Å². The Hall–Kier alpha value is -2.90. The highest BCUT2D eigenvalue weighted by Crippen LogP contribution is 2.36. The molecule has 0 unspecified atom stereocenters. The number of benzene rings is 2. The normalized spacial score (nSPS) is 18.7. The van der Waals surface area contributed by atoms with E-state index in [1.165, 1.54) is 22.9 Å². The van der Waals surface area contributed by atoms with Crippen molar-refractivity contribution in [3.8, 4) is 0 Å². The fraction of sp³-hybridized carbons (Fsp3) is 0.321. The predicted molar refractivity (Wildman–Crippen MR) is 146 cm³/mol. The SMILES string of the molecule is O=C(CSC(=S)N1C[C@@H]2C[C@@H](C1)c1cccc(=O)n1C2)NCC(c1ccccc1)c1ccccc1. The summed E-state index contributed by atoms with van der Waals surface area (Å²) in [6, 6.07) is 26.1. The molecule has 3 heterocycles. The molecule has 0 aliphatic carbocycles. The van der Waals surface area contributed by atoms with Crippen molar-refractivity contribution in [2.24, 2.45) is 5.92 Å². The molecule has 1 N–H and O–H groups in total. The molecule has 1 amide bonds. The van der Waals surface area contributed by atoms with Crippen LogP contribution in [0.4, 0.5) is 0 Å². The molecule has 1 fully saturated rings. The first-order valence-corrected chi connectivity index (χ1v) is 13.5. The number of pyridine rings is 1. The number of thioether (sulfide) groups is 1. The molecule has 2 aliphatic rings. The molecule has 1 aromatic heterocycles. The Morgan fingerprint density at radius 3 is 2.31 bits per heavy atom. The van der Waals surface area contributed by atoms with Crippen LogP contribution < -0.4 is 10.9 Å². The number of nitrogens with one attached hydrogen (secondary N) is 1. The molecule has 2 atom stereocenters. The van der Waals surface area contributed by atoms with E-state index in [4.69, 9.17) is 12.2 Å². The quantitative estimate of drug-likeness (QED) is 0.510. The standard InChI is InChI=1S/C28H29N3O2S2/c32-26(29-15-24(21-8-3-1-4-9-21)22-10-5-2-6-11-22)19-35-28(34)30-16-20-14-23(18-30)25-12-7-13-27(33)31(25)17-20/h1-13,20,23-24H,14-19H2,(H,29,32)/t20-,23-/m0/s1. The van der Waals surface area contributed by atoms with Gasteiger partial charge in [-0.05, 0) is 29.5 Å². The minimum Gasteiger partial charge on any atom is -0.356 e. The van der Waals surface area contributed by atoms with Crippen LogP contribution in [-0.2, 0) is 11.3 Å². The molecule has 35 heavy (non-hydrogen) atoms. The van der Waals surface area contributed by atoms with Crippen LogP contribution in [0.25, 0.3) is 0 Å². The summed E-state index contributed by atoms with van der Waals surface area (Å²) >= 11 is 7.16. The highest BCUT2D eigenvalue weighted by molar-refractivity contribution is 8.23. The van der Waals surface area contributed by atoms with E-state index in [1.54, 1.807) is 6.07 Å². The van der Waals surface area contributed by atoms with Crippen molar-refractivity contribution >= 4 is 34.2 Å². The molecular weight excluding hydrogens is 474 g/mol. The van der Waals surface area contributed by atoms with Gasteiger partial charge < -0.3 is 14.8 Å². The predicted octanol–water partition coefficient (Wildman–Crippen LogP) is 4.23. The lowest BCUT2D eigenvalue weighted by Gasteiger charge is -2.43. The van der Waals surface area contributed by atoms with Gasteiger partial charge in [0, 0.05) is 49.8 Å². The van der Waals surface area contributed by atoms with Crippen molar-refractivity contribution in [3.63, 3.8) is 0 Å². The monoisotopic (exact) mass is 503 g/mol. The summed E-state index contributed by atoms with van der Waals surface area (Å²) in [6.45, 7) is 2.93. The minimum atomic E-state index is -0.0108. The van der Waals surface area contributed by atoms with Crippen LogP contribution in [0.15, 0.2) is 83.7 Å². The third kappa shape index (κ3) is 5.52. The molecule has 5 nitrogen and oxygen atoms in total. The fourth-order valence-electron chi connectivity index (χ4n) is 5.33. The van der Waals surface area contributed by atoms with Crippen LogP contribution in [0.1, 0.15) is 35.1 Å². The smallest absolute Gasteiger partial charge is 0.250 e. The molecule has 7 heteroatoms. The zero-order valence-electron chi connectivity index (χ0n) is 19.5. The average Bonchev–Trinajstić information content (AvgIpc) is 2.89. The first-order valence-electron chi connectivity index (χ1n) is 12.1. The number of thiocarbonyl (C=S) groups is 1. The van der Waals surface area contributed by atoms with Crippen LogP contribution in [0.3, 0.4) is 0 Å². The van der Waals surface area contributed by atoms with Gasteiger partial charge >= 0.3 is 0 Å². The molecule has 1 saturated heterocycles. The van der Waals surface area contributed by atoms with Gasteiger partial charge in [0.05, 0.1) is 5.75 Å². The van der Waals surface area contributed by atoms with Crippen molar-refractivity contribution in [1.29, 1.82) is 0 Å². The number of aromatic nitrogens is 1. The van der Waals surface area contributed by atoms with E-state index in [-0.39, 0.29) is 17.4 Å². The van der Waals surface area contributed by atoms with Crippen molar-refractivity contribution in [3.05, 3.63) is 106 Å². The summed E-state index contributed by atoms with van der Waals surface area (Å²) < 4.78 is 2.69. The highest BCUT2D eigenvalue weighted by atomic mass is 32.2. The third-order valence-electron chi connectivity index (χ3n) is 6.97. The topological polar surface area (TPSA) is 54.3 Å². The van der Waals surface area contributed by atoms with E-state index in [2.05, 4.69) is 40.5 Å². The van der Waals surface area contributed by atoms with Crippen LogP contribution >= 0.6 is 24.0 Å². The average molecular weight is 504 g/mol. The third-order valence-corrected chi connectivity index (χ3v) is 8.50. The van der Waals surface area contributed by atoms with E-state index in [1.807, 2.05) is 47.0 Å². The molecule has 0 saturated carbocycles. The molecule has 2 aliphatic heterocycles. The van der Waals surface area contributed by atoms with Gasteiger partial charge in [-0.2, -0.15) is 0 Å². The Kier molecular flexibility index (Phi) is 7.35. The molecule has 5 rings (SSSR count). The Morgan fingerprint density at radius 2 is 1.63 bits per heavy atom. The van der Waals surface area contributed by atoms with Gasteiger partial charge in [0.25, 0.3) is 5.56 Å². The number of nitrogens with zero attached hydrogens (tertiary/aromatic N) is 2. The molecule has 0 radical (unpaired) electrons. The first kappa shape index (κ1) is 23.8. The first-order chi connectivity index (χ1) is 17.1. The van der Waals surface area contributed by atoms with Crippen LogP contribution in [0, 0.1) is 5.92 Å². The number of carbonyl (C=O) groups is 1. The van der Waals surface area contributed by atoms with E-state index < -0.39 is 0 Å². The number of rotatable bonds is 6. The summed E-state index contributed by atoms with van der Waals surface area (Å²) in [5.41, 5.74) is 3.56. The van der Waals surface area contributed by atoms with Gasteiger partial charge in [-0.1, -0.05) is 90.7 Å². The van der Waals surface area contributed by atoms with E-state index >= 15 is 0 Å². The number of hydrogen-bond donors (Lipinski definition) is 1. The zero-order chi connectivity index (χ0) is 24.2. The van der Waals surface area contributed by atoms with Gasteiger partial charge in [0.15, 0.2) is 0 Å². The van der Waals surface area contributed by atoms with Crippen molar-refractivity contribution in [2.45, 2.75) is 24.8 Å². The second-order valence-corrected chi connectivity index (χ2v) is 10.9. The van der Waals surface area contributed by atoms with E-state index in [9.17, 15) is 9.59 Å². The maximum absolute atomic E-state index is 12.7. The summed E-state index contributed by atoms with van der Waals surface area (Å²) in [4.78, 5) is 27.2. The Bertz CT molecular complexity index is 1210. The molecule has 2 bridgehead atoms. The van der Waals surface area contributed by atoms with Crippen molar-refractivity contribution in [2.75, 3.05) is 25.4 Å². The molecule has 0 spiro atoms. The van der Waals surface area contributed by atoms with Crippen LogP contribution in [0.5, 0.6) is 0 Å². The Morgan fingerprint density at radius 1 is 0.943 bits per heavy atom. The number of likely N-dealkylation sites (tertiary alicyclic amines) is 1. The Labute approximate surface area is 215 Å². The maximum Gasteiger partial charge on any atom is 0.250 e. The van der Waals surface area contributed by atoms with Crippen molar-refractivity contribution < 1.29 is 4.79 Å².